The summed E-state index contributed by atoms with van der Waals surface area (Å²) in [5.74, 6) is 3.01. The van der Waals surface area contributed by atoms with Gasteiger partial charge in [0.05, 0.1) is 11.3 Å². The van der Waals surface area contributed by atoms with Crippen molar-refractivity contribution in [2.24, 2.45) is 5.92 Å². The first-order chi connectivity index (χ1) is 15.8. The first kappa shape index (κ1) is 24.3. The van der Waals surface area contributed by atoms with Gasteiger partial charge in [-0.2, -0.15) is 5.48 Å². The number of aryl methyl sites for hydroxylation is 1. The lowest BCUT2D eigenvalue weighted by atomic mass is 10.1. The summed E-state index contributed by atoms with van der Waals surface area (Å²) in [7, 11) is 0. The number of hydrogen-bond acceptors (Lipinski definition) is 3. The van der Waals surface area contributed by atoms with Crippen molar-refractivity contribution in [2.75, 3.05) is 5.32 Å². The van der Waals surface area contributed by atoms with Crippen molar-refractivity contribution in [1.82, 2.24) is 5.48 Å². The molecule has 1 amide bonds. The average Bonchev–Trinajstić information content (AvgIpc) is 2.80. The van der Waals surface area contributed by atoms with E-state index in [2.05, 4.69) is 45.2 Å². The minimum Gasteiger partial charge on any atom is -0.387 e. The van der Waals surface area contributed by atoms with Gasteiger partial charge in [0.2, 0.25) is 0 Å². The highest BCUT2D eigenvalue weighted by molar-refractivity contribution is 14.1. The number of carbonyl (C=O) groups is 1. The van der Waals surface area contributed by atoms with Gasteiger partial charge in [-0.05, 0) is 90.5 Å². The Hall–Kier alpha value is -3.38. The van der Waals surface area contributed by atoms with Crippen molar-refractivity contribution in [3.8, 4) is 11.8 Å². The summed E-state index contributed by atoms with van der Waals surface area (Å²) in [5, 5.41) is 2.83. The molecule has 0 aliphatic carbocycles. The Morgan fingerprint density at radius 2 is 1.88 bits per heavy atom. The van der Waals surface area contributed by atoms with Gasteiger partial charge in [0, 0.05) is 20.7 Å². The van der Waals surface area contributed by atoms with Crippen LogP contribution < -0.4 is 10.8 Å². The maximum absolute atomic E-state index is 14.5. The monoisotopic (exact) mass is 558 g/mol. The Bertz CT molecular complexity index is 1230. The van der Waals surface area contributed by atoms with E-state index in [0.29, 0.717) is 5.69 Å². The summed E-state index contributed by atoms with van der Waals surface area (Å²) in [6.07, 6.45) is 2.95. The largest absolute Gasteiger partial charge is 0.387 e. The number of benzene rings is 3. The van der Waals surface area contributed by atoms with Crippen LogP contribution in [-0.2, 0) is 4.84 Å². The maximum Gasteiger partial charge on any atom is 0.286 e. The molecular weight excluding hydrogens is 537 g/mol. The van der Waals surface area contributed by atoms with E-state index >= 15 is 0 Å². The van der Waals surface area contributed by atoms with E-state index in [1.165, 1.54) is 12.3 Å². The SMILES string of the molecule is Cc1cc(I)ccc1Nc1c(C(=O)NO/C=C/C(C)C#Cc2ccccc2)ccc(F)c1F. The van der Waals surface area contributed by atoms with E-state index in [4.69, 9.17) is 4.84 Å². The Balaban J connectivity index is 1.68. The molecule has 3 aromatic rings. The number of allylic oxidation sites excluding steroid dienone is 1. The predicted octanol–water partition coefficient (Wildman–Crippen LogP) is 6.48. The van der Waals surface area contributed by atoms with E-state index in [0.717, 1.165) is 20.8 Å². The summed E-state index contributed by atoms with van der Waals surface area (Å²) < 4.78 is 29.4. The molecule has 33 heavy (non-hydrogen) atoms. The molecule has 3 aromatic carbocycles. The number of hydrogen-bond donors (Lipinski definition) is 2. The number of nitrogens with one attached hydrogen (secondary N) is 2. The fraction of sp³-hybridized carbons (Fsp3) is 0.115. The second-order valence-corrected chi connectivity index (χ2v) is 8.42. The third kappa shape index (κ3) is 6.80. The van der Waals surface area contributed by atoms with Gasteiger partial charge in [0.15, 0.2) is 11.6 Å². The molecule has 1 unspecified atom stereocenters. The summed E-state index contributed by atoms with van der Waals surface area (Å²) in [6.45, 7) is 3.70. The molecule has 4 nitrogen and oxygen atoms in total. The van der Waals surface area contributed by atoms with E-state index in [9.17, 15) is 13.6 Å². The molecule has 1 atom stereocenters. The van der Waals surface area contributed by atoms with Crippen LogP contribution >= 0.6 is 22.6 Å². The normalized spacial score (nSPS) is 11.4. The van der Waals surface area contributed by atoms with Crippen LogP contribution in [0.3, 0.4) is 0 Å². The number of carbonyl (C=O) groups excluding carboxylic acids is 1. The number of anilines is 2. The number of rotatable bonds is 6. The van der Waals surface area contributed by atoms with Crippen LogP contribution in [-0.4, -0.2) is 5.91 Å². The molecule has 0 saturated carbocycles. The molecule has 168 valence electrons. The predicted molar refractivity (Wildman–Crippen MR) is 134 cm³/mol. The van der Waals surface area contributed by atoms with Gasteiger partial charge in [-0.1, -0.05) is 30.0 Å². The molecule has 0 spiro atoms. The first-order valence-electron chi connectivity index (χ1n) is 10.1. The molecule has 2 N–H and O–H groups in total. The summed E-state index contributed by atoms with van der Waals surface area (Å²) in [6, 6.07) is 17.1. The highest BCUT2D eigenvalue weighted by atomic mass is 127. The van der Waals surface area contributed by atoms with Crippen molar-refractivity contribution < 1.29 is 18.4 Å². The van der Waals surface area contributed by atoms with Crippen LogP contribution in [0, 0.1) is 39.9 Å². The Kier molecular flexibility index (Phi) is 8.44. The van der Waals surface area contributed by atoms with Crippen molar-refractivity contribution in [1.29, 1.82) is 0 Å². The van der Waals surface area contributed by atoms with Gasteiger partial charge in [-0.25, -0.2) is 8.78 Å². The Morgan fingerprint density at radius 3 is 2.61 bits per heavy atom. The highest BCUT2D eigenvalue weighted by Crippen LogP contribution is 2.28. The van der Waals surface area contributed by atoms with Gasteiger partial charge in [0.1, 0.15) is 6.26 Å². The molecule has 0 aromatic heterocycles. The van der Waals surface area contributed by atoms with Crippen molar-refractivity contribution in [3.05, 3.63) is 105 Å². The van der Waals surface area contributed by atoms with Crippen LogP contribution in [0.2, 0.25) is 0 Å². The molecule has 0 aliphatic rings. The molecule has 0 radical (unpaired) electrons. The molecule has 3 rings (SSSR count). The Morgan fingerprint density at radius 1 is 1.12 bits per heavy atom. The lowest BCUT2D eigenvalue weighted by molar-refractivity contribution is 0.0654. The third-order valence-electron chi connectivity index (χ3n) is 4.59. The summed E-state index contributed by atoms with van der Waals surface area (Å²) in [4.78, 5) is 17.7. The van der Waals surface area contributed by atoms with E-state index < -0.39 is 17.5 Å². The zero-order valence-corrected chi connectivity index (χ0v) is 20.1. The van der Waals surface area contributed by atoms with Crippen LogP contribution in [0.25, 0.3) is 0 Å². The fourth-order valence-corrected chi connectivity index (χ4v) is 3.48. The minimum atomic E-state index is -1.15. The standard InChI is InChI=1S/C26H21F2IN2O2/c1-17(8-9-19-6-4-3-5-7-19)14-15-33-31-26(32)21-11-12-22(27)24(28)25(21)30-23-13-10-20(29)16-18(23)2/h3-7,10-17,30H,1-2H3,(H,31,32)/b15-14+. The van der Waals surface area contributed by atoms with Crippen molar-refractivity contribution in [3.63, 3.8) is 0 Å². The van der Waals surface area contributed by atoms with Gasteiger partial charge < -0.3 is 10.2 Å². The highest BCUT2D eigenvalue weighted by Gasteiger charge is 2.20. The fourth-order valence-electron chi connectivity index (χ4n) is 2.83. The molecule has 0 bridgehead atoms. The number of hydroxylamine groups is 1. The second-order valence-electron chi connectivity index (χ2n) is 7.17. The van der Waals surface area contributed by atoms with Crippen LogP contribution in [0.4, 0.5) is 20.2 Å². The van der Waals surface area contributed by atoms with Crippen LogP contribution in [0.15, 0.2) is 73.0 Å². The maximum atomic E-state index is 14.5. The molecule has 7 heteroatoms. The van der Waals surface area contributed by atoms with Gasteiger partial charge >= 0.3 is 0 Å². The van der Waals surface area contributed by atoms with Crippen LogP contribution in [0.5, 0.6) is 0 Å². The zero-order chi connectivity index (χ0) is 23.8. The van der Waals surface area contributed by atoms with Crippen molar-refractivity contribution >= 4 is 39.9 Å². The quantitative estimate of drug-likeness (QED) is 0.158. The van der Waals surface area contributed by atoms with Gasteiger partial charge in [0.25, 0.3) is 5.91 Å². The summed E-state index contributed by atoms with van der Waals surface area (Å²) >= 11 is 2.16. The molecular formula is C26H21F2IN2O2. The lowest BCUT2D eigenvalue weighted by Crippen LogP contribution is -2.23. The summed E-state index contributed by atoms with van der Waals surface area (Å²) in [5.41, 5.74) is 4.12. The van der Waals surface area contributed by atoms with E-state index in [-0.39, 0.29) is 17.2 Å². The van der Waals surface area contributed by atoms with Crippen LogP contribution in [0.1, 0.15) is 28.4 Å². The third-order valence-corrected chi connectivity index (χ3v) is 5.26. The molecule has 0 fully saturated rings. The van der Waals surface area contributed by atoms with Gasteiger partial charge in [-0.3, -0.25) is 4.79 Å². The Labute approximate surface area is 205 Å². The molecule has 0 aliphatic heterocycles. The number of amides is 1. The zero-order valence-electron chi connectivity index (χ0n) is 18.0. The number of halogens is 3. The van der Waals surface area contributed by atoms with Gasteiger partial charge in [-0.15, -0.1) is 0 Å². The van der Waals surface area contributed by atoms with E-state index in [1.807, 2.05) is 56.3 Å². The first-order valence-corrected chi connectivity index (χ1v) is 11.1. The average molecular weight is 558 g/mol. The second kappa shape index (κ2) is 11.5. The van der Waals surface area contributed by atoms with Crippen molar-refractivity contribution in [2.45, 2.75) is 13.8 Å². The lowest BCUT2D eigenvalue weighted by Gasteiger charge is -2.15. The minimum absolute atomic E-state index is 0.0998. The molecule has 0 saturated heterocycles. The topological polar surface area (TPSA) is 50.4 Å². The molecule has 0 heterocycles. The smallest absolute Gasteiger partial charge is 0.286 e. The van der Waals surface area contributed by atoms with E-state index in [1.54, 1.807) is 12.1 Å².